The molecule has 5 nitrogen and oxygen atoms in total. The van der Waals surface area contributed by atoms with Crippen molar-refractivity contribution in [3.8, 4) is 0 Å². The lowest BCUT2D eigenvalue weighted by atomic mass is 10.0. The zero-order chi connectivity index (χ0) is 12.1. The number of hydrogen-bond donors (Lipinski definition) is 3. The Bertz CT molecular complexity index is 281. The highest BCUT2D eigenvalue weighted by Crippen LogP contribution is 2.28. The van der Waals surface area contributed by atoms with Crippen LogP contribution < -0.4 is 16.4 Å². The van der Waals surface area contributed by atoms with E-state index >= 15 is 0 Å². The zero-order valence-electron chi connectivity index (χ0n) is 10.0. The first-order chi connectivity index (χ1) is 8.28. The molecule has 2 heterocycles. The third-order valence-corrected chi connectivity index (χ3v) is 3.37. The highest BCUT2D eigenvalue weighted by Gasteiger charge is 2.35. The molecular formula is C12H21N3O2. The van der Waals surface area contributed by atoms with E-state index in [1.54, 1.807) is 0 Å². The van der Waals surface area contributed by atoms with Gasteiger partial charge in [-0.25, -0.2) is 4.79 Å². The van der Waals surface area contributed by atoms with E-state index in [1.165, 1.54) is 12.8 Å². The smallest absolute Gasteiger partial charge is 0.407 e. The molecule has 0 saturated carbocycles. The Morgan fingerprint density at radius 3 is 2.71 bits per heavy atom. The second kappa shape index (κ2) is 6.02. The molecule has 2 bridgehead atoms. The second-order valence-electron chi connectivity index (χ2n) is 4.72. The molecule has 2 aliphatic rings. The van der Waals surface area contributed by atoms with E-state index in [2.05, 4.69) is 10.6 Å². The largest absolute Gasteiger partial charge is 0.446 e. The van der Waals surface area contributed by atoms with Gasteiger partial charge in [-0.1, -0.05) is 12.2 Å². The number of hydrogen-bond acceptors (Lipinski definition) is 4. The molecule has 0 aliphatic carbocycles. The van der Waals surface area contributed by atoms with Crippen molar-refractivity contribution < 1.29 is 9.53 Å². The van der Waals surface area contributed by atoms with E-state index in [9.17, 15) is 4.79 Å². The number of piperidine rings is 1. The molecule has 17 heavy (non-hydrogen) atoms. The molecule has 0 aromatic heterocycles. The number of rotatable bonds is 4. The van der Waals surface area contributed by atoms with E-state index in [0.29, 0.717) is 25.2 Å². The fraction of sp³-hybridized carbons (Fsp3) is 0.750. The minimum Gasteiger partial charge on any atom is -0.446 e. The number of amides is 1. The molecule has 2 saturated heterocycles. The van der Waals surface area contributed by atoms with Gasteiger partial charge in [-0.3, -0.25) is 0 Å². The summed E-state index contributed by atoms with van der Waals surface area (Å²) in [6, 6.07) is 1.09. The van der Waals surface area contributed by atoms with Crippen LogP contribution in [0.2, 0.25) is 0 Å². The predicted octanol–water partition coefficient (Wildman–Crippen LogP) is 0.510. The van der Waals surface area contributed by atoms with Crippen LogP contribution in [0.25, 0.3) is 0 Å². The fourth-order valence-corrected chi connectivity index (χ4v) is 2.62. The molecule has 0 spiro atoms. The van der Waals surface area contributed by atoms with Gasteiger partial charge in [0.25, 0.3) is 0 Å². The van der Waals surface area contributed by atoms with Crippen molar-refractivity contribution in [2.24, 2.45) is 5.73 Å². The summed E-state index contributed by atoms with van der Waals surface area (Å²) in [7, 11) is 0. The van der Waals surface area contributed by atoms with Crippen molar-refractivity contribution in [1.82, 2.24) is 10.6 Å². The summed E-state index contributed by atoms with van der Waals surface area (Å²) in [5.41, 5.74) is 5.29. The molecule has 0 aromatic rings. The summed E-state index contributed by atoms with van der Waals surface area (Å²) in [5.74, 6) is 0. The number of alkyl carbamates (subject to hydrolysis) is 1. The van der Waals surface area contributed by atoms with Crippen molar-refractivity contribution in [2.75, 3.05) is 13.1 Å². The maximum absolute atomic E-state index is 11.5. The van der Waals surface area contributed by atoms with Gasteiger partial charge >= 0.3 is 6.09 Å². The molecule has 1 amide bonds. The number of nitrogens with two attached hydrogens (primary N) is 1. The van der Waals surface area contributed by atoms with Gasteiger partial charge in [-0.05, 0) is 25.7 Å². The third-order valence-electron chi connectivity index (χ3n) is 3.37. The molecule has 0 aromatic carbocycles. The molecule has 2 fully saturated rings. The molecule has 3 atom stereocenters. The average molecular weight is 239 g/mol. The number of fused-ring (bicyclic) bond motifs is 2. The number of ether oxygens (including phenoxy) is 1. The van der Waals surface area contributed by atoms with Gasteiger partial charge in [-0.2, -0.15) is 0 Å². The molecule has 0 unspecified atom stereocenters. The van der Waals surface area contributed by atoms with E-state index in [1.807, 2.05) is 12.2 Å². The monoisotopic (exact) mass is 239 g/mol. The molecule has 0 radical (unpaired) electrons. The number of carbonyl (C=O) groups excluding carboxylic acids is 1. The first kappa shape index (κ1) is 12.4. The van der Waals surface area contributed by atoms with Gasteiger partial charge in [0.1, 0.15) is 6.10 Å². The van der Waals surface area contributed by atoms with Gasteiger partial charge in [0.15, 0.2) is 0 Å². The van der Waals surface area contributed by atoms with Crippen LogP contribution in [0.1, 0.15) is 25.7 Å². The third kappa shape index (κ3) is 3.71. The Balaban J connectivity index is 1.66. The second-order valence-corrected chi connectivity index (χ2v) is 4.72. The minimum absolute atomic E-state index is 0.0761. The molecule has 2 aliphatic heterocycles. The summed E-state index contributed by atoms with van der Waals surface area (Å²) in [6.07, 6.45) is 7.71. The topological polar surface area (TPSA) is 76.4 Å². The van der Waals surface area contributed by atoms with E-state index in [-0.39, 0.29) is 12.2 Å². The lowest BCUT2D eigenvalue weighted by Crippen LogP contribution is -2.43. The summed E-state index contributed by atoms with van der Waals surface area (Å²) in [6.45, 7) is 0.974. The molecule has 2 rings (SSSR count). The molecular weight excluding hydrogens is 218 g/mol. The van der Waals surface area contributed by atoms with Crippen LogP contribution in [0.4, 0.5) is 4.79 Å². The highest BCUT2D eigenvalue weighted by molar-refractivity contribution is 5.67. The Morgan fingerprint density at radius 1 is 1.35 bits per heavy atom. The van der Waals surface area contributed by atoms with E-state index in [4.69, 9.17) is 10.5 Å². The Kier molecular flexibility index (Phi) is 4.39. The number of nitrogens with one attached hydrogen (secondary N) is 2. The molecule has 96 valence electrons. The SMILES string of the molecule is NC/C=C/CNC(=O)O[C@H]1C[C@H]2CC[C@@H](C1)N2. The van der Waals surface area contributed by atoms with Crippen molar-refractivity contribution in [1.29, 1.82) is 0 Å². The van der Waals surface area contributed by atoms with Crippen molar-refractivity contribution in [3.63, 3.8) is 0 Å². The van der Waals surface area contributed by atoms with Crippen molar-refractivity contribution >= 4 is 6.09 Å². The van der Waals surface area contributed by atoms with Gasteiger partial charge in [0.05, 0.1) is 0 Å². The summed E-state index contributed by atoms with van der Waals surface area (Å²) in [4.78, 5) is 11.5. The van der Waals surface area contributed by atoms with Gasteiger partial charge < -0.3 is 21.1 Å². The minimum atomic E-state index is -0.321. The molecule has 4 N–H and O–H groups in total. The van der Waals surface area contributed by atoms with Gasteiger partial charge in [0.2, 0.25) is 0 Å². The summed E-state index contributed by atoms with van der Waals surface area (Å²) >= 11 is 0. The van der Waals surface area contributed by atoms with Crippen LogP contribution in [0.5, 0.6) is 0 Å². The predicted molar refractivity (Wildman–Crippen MR) is 65.6 cm³/mol. The van der Waals surface area contributed by atoms with Crippen LogP contribution in [0.3, 0.4) is 0 Å². The van der Waals surface area contributed by atoms with Crippen LogP contribution in [0, 0.1) is 0 Å². The fourth-order valence-electron chi connectivity index (χ4n) is 2.62. The maximum Gasteiger partial charge on any atom is 0.407 e. The van der Waals surface area contributed by atoms with E-state index in [0.717, 1.165) is 12.8 Å². The summed E-state index contributed by atoms with van der Waals surface area (Å²) < 4.78 is 5.40. The van der Waals surface area contributed by atoms with Crippen LogP contribution in [0.15, 0.2) is 12.2 Å². The lowest BCUT2D eigenvalue weighted by molar-refractivity contribution is 0.0678. The highest BCUT2D eigenvalue weighted by atomic mass is 16.6. The van der Waals surface area contributed by atoms with Crippen LogP contribution >= 0.6 is 0 Å². The van der Waals surface area contributed by atoms with Crippen molar-refractivity contribution in [3.05, 3.63) is 12.2 Å². The average Bonchev–Trinajstić information content (AvgIpc) is 2.64. The number of carbonyl (C=O) groups is 1. The lowest BCUT2D eigenvalue weighted by Gasteiger charge is -2.28. The van der Waals surface area contributed by atoms with Gasteiger partial charge in [-0.15, -0.1) is 0 Å². The normalized spacial score (nSPS) is 31.7. The van der Waals surface area contributed by atoms with Crippen LogP contribution in [-0.4, -0.2) is 37.4 Å². The quantitative estimate of drug-likeness (QED) is 0.625. The first-order valence-electron chi connectivity index (χ1n) is 6.33. The molecule has 5 heteroatoms. The van der Waals surface area contributed by atoms with Gasteiger partial charge in [0, 0.05) is 25.2 Å². The maximum atomic E-state index is 11.5. The summed E-state index contributed by atoms with van der Waals surface area (Å²) in [5, 5.41) is 6.21. The Morgan fingerprint density at radius 2 is 2.06 bits per heavy atom. The van der Waals surface area contributed by atoms with E-state index < -0.39 is 0 Å². The standard InChI is InChI=1S/C12H21N3O2/c13-5-1-2-6-14-12(16)17-11-7-9-3-4-10(8-11)15-9/h1-2,9-11,15H,3-8,13H2,(H,14,16)/b2-1+/t9-,10+,11+. The Labute approximate surface area is 102 Å². The van der Waals surface area contributed by atoms with Crippen LogP contribution in [-0.2, 0) is 4.74 Å². The first-order valence-corrected chi connectivity index (χ1v) is 6.33. The Hall–Kier alpha value is -1.07. The van der Waals surface area contributed by atoms with Crippen molar-refractivity contribution in [2.45, 2.75) is 43.9 Å². The zero-order valence-corrected chi connectivity index (χ0v) is 10.0.